The van der Waals surface area contributed by atoms with Crippen LogP contribution in [0.25, 0.3) is 16.5 Å². The molecule has 0 aliphatic carbocycles. The van der Waals surface area contributed by atoms with Crippen LogP contribution in [0.4, 0.5) is 4.39 Å². The van der Waals surface area contributed by atoms with Crippen LogP contribution in [0, 0.1) is 5.82 Å². The van der Waals surface area contributed by atoms with Gasteiger partial charge >= 0.3 is 0 Å². The summed E-state index contributed by atoms with van der Waals surface area (Å²) in [6.45, 7) is 0. The third-order valence-electron chi connectivity index (χ3n) is 1.23. The molecule has 1 heterocycles. The van der Waals surface area contributed by atoms with Crippen LogP contribution < -0.4 is 0 Å². The predicted octanol–water partition coefficient (Wildman–Crippen LogP) is 2.74. The molecule has 13 heavy (non-hydrogen) atoms. The van der Waals surface area contributed by atoms with E-state index in [2.05, 4.69) is 10.0 Å². The Morgan fingerprint density at radius 1 is 1.69 bits per heavy atom. The van der Waals surface area contributed by atoms with Gasteiger partial charge in [0.2, 0.25) is 0 Å². The SMILES string of the molecule is [N-]=[N+]=N/C(C=O)=C\c1cscc1F. The Labute approximate surface area is 76.9 Å². The van der Waals surface area contributed by atoms with Gasteiger partial charge in [0.15, 0.2) is 6.29 Å². The Kier molecular flexibility index (Phi) is 3.19. The zero-order valence-corrected chi connectivity index (χ0v) is 7.16. The van der Waals surface area contributed by atoms with Crippen molar-refractivity contribution in [3.8, 4) is 0 Å². The first-order valence-corrected chi connectivity index (χ1v) is 4.16. The molecule has 0 unspecified atom stereocenters. The number of nitrogens with zero attached hydrogens (tertiary/aromatic N) is 3. The van der Waals surface area contributed by atoms with Gasteiger partial charge in [-0.05, 0) is 11.6 Å². The van der Waals surface area contributed by atoms with E-state index in [0.29, 0.717) is 6.29 Å². The van der Waals surface area contributed by atoms with Gasteiger partial charge in [-0.1, -0.05) is 5.11 Å². The minimum Gasteiger partial charge on any atom is -0.298 e. The summed E-state index contributed by atoms with van der Waals surface area (Å²) in [5, 5.41) is 5.89. The third kappa shape index (κ3) is 2.40. The van der Waals surface area contributed by atoms with Crippen LogP contribution in [0.5, 0.6) is 0 Å². The fourth-order valence-corrected chi connectivity index (χ4v) is 1.34. The van der Waals surface area contributed by atoms with Gasteiger partial charge < -0.3 is 0 Å². The molecule has 0 bridgehead atoms. The van der Waals surface area contributed by atoms with Crippen LogP contribution >= 0.6 is 11.3 Å². The van der Waals surface area contributed by atoms with E-state index in [-0.39, 0.29) is 11.3 Å². The molecule has 66 valence electrons. The van der Waals surface area contributed by atoms with Gasteiger partial charge in [0, 0.05) is 21.2 Å². The van der Waals surface area contributed by atoms with Crippen molar-refractivity contribution in [3.05, 3.63) is 38.3 Å². The highest BCUT2D eigenvalue weighted by Gasteiger charge is 2.00. The van der Waals surface area contributed by atoms with E-state index < -0.39 is 5.82 Å². The van der Waals surface area contributed by atoms with Crippen molar-refractivity contribution in [2.75, 3.05) is 0 Å². The molecule has 0 spiro atoms. The molecule has 0 fully saturated rings. The number of aldehydes is 1. The van der Waals surface area contributed by atoms with Crippen LogP contribution in [-0.4, -0.2) is 6.29 Å². The molecule has 0 aliphatic rings. The quantitative estimate of drug-likeness (QED) is 0.241. The lowest BCUT2D eigenvalue weighted by atomic mass is 10.3. The van der Waals surface area contributed by atoms with Crippen molar-refractivity contribution >= 4 is 23.7 Å². The highest BCUT2D eigenvalue weighted by molar-refractivity contribution is 7.08. The number of carbonyl (C=O) groups excluding carboxylic acids is 1. The lowest BCUT2D eigenvalue weighted by molar-refractivity contribution is -0.104. The summed E-state index contributed by atoms with van der Waals surface area (Å²) < 4.78 is 12.8. The Morgan fingerprint density at radius 2 is 2.46 bits per heavy atom. The van der Waals surface area contributed by atoms with Crippen LogP contribution in [0.1, 0.15) is 5.56 Å². The first-order valence-electron chi connectivity index (χ1n) is 3.21. The average molecular weight is 197 g/mol. The molecule has 0 N–H and O–H groups in total. The fourth-order valence-electron chi connectivity index (χ4n) is 0.692. The molecule has 0 saturated carbocycles. The summed E-state index contributed by atoms with van der Waals surface area (Å²) in [4.78, 5) is 12.7. The molecule has 4 nitrogen and oxygen atoms in total. The van der Waals surface area contributed by atoms with Gasteiger partial charge in [-0.3, -0.25) is 4.79 Å². The number of carbonyl (C=O) groups is 1. The number of hydrogen-bond donors (Lipinski definition) is 0. The molecule has 0 atom stereocenters. The maximum absolute atomic E-state index is 12.8. The first-order chi connectivity index (χ1) is 6.27. The largest absolute Gasteiger partial charge is 0.298 e. The Hall–Kier alpha value is -1.65. The molecule has 0 aliphatic heterocycles. The van der Waals surface area contributed by atoms with Crippen molar-refractivity contribution in [1.29, 1.82) is 0 Å². The minimum absolute atomic E-state index is 0.139. The number of halogens is 1. The Bertz CT molecular complexity index is 392. The van der Waals surface area contributed by atoms with Gasteiger partial charge in [0.1, 0.15) is 5.82 Å². The lowest BCUT2D eigenvalue weighted by Crippen LogP contribution is -1.79. The molecule has 1 aromatic heterocycles. The van der Waals surface area contributed by atoms with Crippen LogP contribution in [0.2, 0.25) is 0 Å². The van der Waals surface area contributed by atoms with Crippen LogP contribution in [0.3, 0.4) is 0 Å². The van der Waals surface area contributed by atoms with Gasteiger partial charge in [-0.25, -0.2) is 4.39 Å². The molecule has 0 amide bonds. The molecule has 0 aromatic carbocycles. The standard InChI is InChI=1S/C7H4FN3OS/c8-7-4-13-3-5(7)1-6(2-12)10-11-9/h1-4H/b6-1-. The van der Waals surface area contributed by atoms with Gasteiger partial charge in [-0.2, -0.15) is 0 Å². The molecule has 1 aromatic rings. The summed E-state index contributed by atoms with van der Waals surface area (Å²) in [6.07, 6.45) is 1.56. The molecule has 0 saturated heterocycles. The number of hydrogen-bond acceptors (Lipinski definition) is 3. The van der Waals surface area contributed by atoms with E-state index in [4.69, 9.17) is 5.53 Å². The zero-order chi connectivity index (χ0) is 9.68. The molecule has 1 rings (SSSR count). The number of rotatable bonds is 3. The first kappa shape index (κ1) is 9.44. The van der Waals surface area contributed by atoms with E-state index in [9.17, 15) is 9.18 Å². The second-order valence-corrected chi connectivity index (χ2v) is 2.80. The van der Waals surface area contributed by atoms with Crippen LogP contribution in [-0.2, 0) is 4.79 Å². The minimum atomic E-state index is -0.433. The second kappa shape index (κ2) is 4.39. The highest BCUT2D eigenvalue weighted by Crippen LogP contribution is 2.16. The van der Waals surface area contributed by atoms with Crippen molar-refractivity contribution in [3.63, 3.8) is 0 Å². The maximum atomic E-state index is 12.8. The van der Waals surface area contributed by atoms with E-state index in [1.54, 1.807) is 0 Å². The number of allylic oxidation sites excluding steroid dienone is 1. The summed E-state index contributed by atoms with van der Waals surface area (Å²) in [5.74, 6) is -0.433. The van der Waals surface area contributed by atoms with E-state index in [1.165, 1.54) is 28.2 Å². The summed E-state index contributed by atoms with van der Waals surface area (Å²) >= 11 is 1.17. The van der Waals surface area contributed by atoms with Crippen molar-refractivity contribution in [1.82, 2.24) is 0 Å². The monoisotopic (exact) mass is 197 g/mol. The van der Waals surface area contributed by atoms with Crippen molar-refractivity contribution < 1.29 is 9.18 Å². The van der Waals surface area contributed by atoms with E-state index >= 15 is 0 Å². The molecule has 6 heteroatoms. The topological polar surface area (TPSA) is 65.8 Å². The fraction of sp³-hybridized carbons (Fsp3) is 0. The molecular formula is C7H4FN3OS. The van der Waals surface area contributed by atoms with Crippen molar-refractivity contribution in [2.24, 2.45) is 5.11 Å². The summed E-state index contributed by atoms with van der Waals surface area (Å²) in [5.41, 5.74) is 8.14. The smallest absolute Gasteiger partial charge is 0.152 e. The summed E-state index contributed by atoms with van der Waals surface area (Å²) in [7, 11) is 0. The van der Waals surface area contributed by atoms with Gasteiger partial charge in [-0.15, -0.1) is 11.3 Å². The molecule has 0 radical (unpaired) electrons. The van der Waals surface area contributed by atoms with Crippen molar-refractivity contribution in [2.45, 2.75) is 0 Å². The second-order valence-electron chi connectivity index (χ2n) is 2.05. The molecular weight excluding hydrogens is 193 g/mol. The van der Waals surface area contributed by atoms with Crippen LogP contribution in [0.15, 0.2) is 21.6 Å². The summed E-state index contributed by atoms with van der Waals surface area (Å²) in [6, 6.07) is 0. The van der Waals surface area contributed by atoms with Gasteiger partial charge in [0.25, 0.3) is 0 Å². The van der Waals surface area contributed by atoms with Gasteiger partial charge in [0.05, 0.1) is 5.70 Å². The Morgan fingerprint density at radius 3 is 2.92 bits per heavy atom. The third-order valence-corrected chi connectivity index (χ3v) is 1.96. The zero-order valence-electron chi connectivity index (χ0n) is 6.35. The highest BCUT2D eigenvalue weighted by atomic mass is 32.1. The predicted molar refractivity (Wildman–Crippen MR) is 47.5 cm³/mol. The lowest BCUT2D eigenvalue weighted by Gasteiger charge is -1.87. The maximum Gasteiger partial charge on any atom is 0.152 e. The van der Waals surface area contributed by atoms with E-state index in [0.717, 1.165) is 0 Å². The Balaban J connectivity index is 3.04. The van der Waals surface area contributed by atoms with E-state index in [1.807, 2.05) is 0 Å². The number of azide groups is 1. The average Bonchev–Trinajstić information content (AvgIpc) is 2.51. The number of thiophene rings is 1. The normalized spacial score (nSPS) is 10.7.